The number of hydrogen-bond acceptors (Lipinski definition) is 4. The molecular formula is C20H40O4. The van der Waals surface area contributed by atoms with Gasteiger partial charge >= 0.3 is 11.9 Å². The van der Waals surface area contributed by atoms with Gasteiger partial charge < -0.3 is 9.47 Å². The van der Waals surface area contributed by atoms with Crippen molar-refractivity contribution >= 4 is 11.9 Å². The lowest BCUT2D eigenvalue weighted by Crippen LogP contribution is -2.11. The summed E-state index contributed by atoms with van der Waals surface area (Å²) in [4.78, 5) is 21.0. The summed E-state index contributed by atoms with van der Waals surface area (Å²) < 4.78 is 9.91. The molecule has 0 radical (unpaired) electrons. The van der Waals surface area contributed by atoms with Gasteiger partial charge in [-0.05, 0) is 24.7 Å². The SMILES string of the molecule is CCCCC(CC)COC(C)=O.CCCCC(CC)COC(C)=O. The summed E-state index contributed by atoms with van der Waals surface area (Å²) in [6.07, 6.45) is 9.48. The molecule has 24 heavy (non-hydrogen) atoms. The Balaban J connectivity index is 0. The van der Waals surface area contributed by atoms with Gasteiger partial charge in [0.1, 0.15) is 0 Å². The molecule has 4 heteroatoms. The van der Waals surface area contributed by atoms with Crippen LogP contribution in [0.15, 0.2) is 0 Å². The summed E-state index contributed by atoms with van der Waals surface area (Å²) in [6.45, 7) is 12.8. The Bertz CT molecular complexity index is 272. The molecule has 0 aliphatic rings. The van der Waals surface area contributed by atoms with E-state index < -0.39 is 0 Å². The van der Waals surface area contributed by atoms with Crippen molar-refractivity contribution in [3.8, 4) is 0 Å². The molecule has 0 aromatic carbocycles. The van der Waals surface area contributed by atoms with Gasteiger partial charge in [-0.2, -0.15) is 0 Å². The third-order valence-corrected chi connectivity index (χ3v) is 4.13. The van der Waals surface area contributed by atoms with Crippen LogP contribution < -0.4 is 0 Å². The van der Waals surface area contributed by atoms with Gasteiger partial charge in [0.25, 0.3) is 0 Å². The van der Waals surface area contributed by atoms with Crippen molar-refractivity contribution in [2.45, 2.75) is 92.9 Å². The van der Waals surface area contributed by atoms with E-state index in [2.05, 4.69) is 27.7 Å². The van der Waals surface area contributed by atoms with Gasteiger partial charge in [-0.25, -0.2) is 0 Å². The summed E-state index contributed by atoms with van der Waals surface area (Å²) in [6, 6.07) is 0. The molecule has 0 fully saturated rings. The summed E-state index contributed by atoms with van der Waals surface area (Å²) in [5.41, 5.74) is 0. The van der Waals surface area contributed by atoms with Gasteiger partial charge in [-0.1, -0.05) is 66.2 Å². The van der Waals surface area contributed by atoms with Gasteiger partial charge in [0.2, 0.25) is 0 Å². The van der Waals surface area contributed by atoms with Crippen LogP contribution in [0, 0.1) is 11.8 Å². The molecular weight excluding hydrogens is 304 g/mol. The molecule has 0 bridgehead atoms. The molecule has 4 nitrogen and oxygen atoms in total. The van der Waals surface area contributed by atoms with Crippen molar-refractivity contribution in [3.05, 3.63) is 0 Å². The highest BCUT2D eigenvalue weighted by Crippen LogP contribution is 2.13. The molecule has 0 spiro atoms. The summed E-state index contributed by atoms with van der Waals surface area (Å²) in [5.74, 6) is 0.803. The van der Waals surface area contributed by atoms with E-state index >= 15 is 0 Å². The van der Waals surface area contributed by atoms with E-state index in [1.807, 2.05) is 0 Å². The second-order valence-electron chi connectivity index (χ2n) is 6.44. The summed E-state index contributed by atoms with van der Waals surface area (Å²) >= 11 is 0. The number of esters is 2. The molecule has 0 amide bonds. The first kappa shape index (κ1) is 25.2. The molecule has 0 N–H and O–H groups in total. The fraction of sp³-hybridized carbons (Fsp3) is 0.900. The first-order chi connectivity index (χ1) is 11.4. The van der Waals surface area contributed by atoms with Gasteiger partial charge in [-0.3, -0.25) is 9.59 Å². The van der Waals surface area contributed by atoms with Gasteiger partial charge in [0.05, 0.1) is 13.2 Å². The maximum Gasteiger partial charge on any atom is 0.302 e. The first-order valence-corrected chi connectivity index (χ1v) is 9.67. The van der Waals surface area contributed by atoms with E-state index in [9.17, 15) is 9.59 Å². The predicted octanol–water partition coefficient (Wildman–Crippen LogP) is 5.53. The van der Waals surface area contributed by atoms with Crippen molar-refractivity contribution in [2.75, 3.05) is 13.2 Å². The Hall–Kier alpha value is -1.06. The fourth-order valence-electron chi connectivity index (χ4n) is 2.27. The van der Waals surface area contributed by atoms with Crippen molar-refractivity contribution in [1.29, 1.82) is 0 Å². The monoisotopic (exact) mass is 344 g/mol. The van der Waals surface area contributed by atoms with Gasteiger partial charge in [-0.15, -0.1) is 0 Å². The molecule has 0 aliphatic carbocycles. The molecule has 0 heterocycles. The third kappa shape index (κ3) is 19.0. The molecule has 0 saturated carbocycles. The second-order valence-corrected chi connectivity index (χ2v) is 6.44. The normalized spacial score (nSPS) is 12.6. The zero-order valence-corrected chi connectivity index (χ0v) is 16.9. The van der Waals surface area contributed by atoms with Crippen molar-refractivity contribution in [2.24, 2.45) is 11.8 Å². The zero-order chi connectivity index (χ0) is 18.8. The van der Waals surface area contributed by atoms with Crippen molar-refractivity contribution in [1.82, 2.24) is 0 Å². The molecule has 0 rings (SSSR count). The van der Waals surface area contributed by atoms with E-state index in [0.29, 0.717) is 25.0 Å². The highest BCUT2D eigenvalue weighted by atomic mass is 16.5. The standard InChI is InChI=1S/2C10H20O2/c2*1-4-6-7-10(5-2)8-12-9(3)11/h2*10H,4-8H2,1-3H3. The number of carbonyl (C=O) groups excluding carboxylic acids is 2. The average molecular weight is 345 g/mol. The van der Waals surface area contributed by atoms with E-state index in [0.717, 1.165) is 12.8 Å². The van der Waals surface area contributed by atoms with Crippen LogP contribution in [0.4, 0.5) is 0 Å². The first-order valence-electron chi connectivity index (χ1n) is 9.67. The zero-order valence-electron chi connectivity index (χ0n) is 16.9. The van der Waals surface area contributed by atoms with Crippen molar-refractivity contribution in [3.63, 3.8) is 0 Å². The Kier molecular flexibility index (Phi) is 19.2. The largest absolute Gasteiger partial charge is 0.466 e. The van der Waals surface area contributed by atoms with E-state index in [1.165, 1.54) is 52.4 Å². The minimum Gasteiger partial charge on any atom is -0.466 e. The number of hydrogen-bond donors (Lipinski definition) is 0. The Morgan fingerprint density at radius 3 is 1.25 bits per heavy atom. The Morgan fingerprint density at radius 1 is 0.708 bits per heavy atom. The maximum atomic E-state index is 10.5. The van der Waals surface area contributed by atoms with Crippen LogP contribution in [-0.2, 0) is 19.1 Å². The van der Waals surface area contributed by atoms with E-state index in [1.54, 1.807) is 0 Å². The molecule has 0 aromatic rings. The number of rotatable bonds is 12. The molecule has 0 saturated heterocycles. The van der Waals surface area contributed by atoms with Crippen LogP contribution in [0.3, 0.4) is 0 Å². The number of unbranched alkanes of at least 4 members (excludes halogenated alkanes) is 2. The lowest BCUT2D eigenvalue weighted by atomic mass is 10.0. The summed E-state index contributed by atoms with van der Waals surface area (Å²) in [7, 11) is 0. The smallest absolute Gasteiger partial charge is 0.302 e. The molecule has 0 aliphatic heterocycles. The minimum absolute atomic E-state index is 0.162. The second kappa shape index (κ2) is 18.3. The third-order valence-electron chi connectivity index (χ3n) is 4.13. The topological polar surface area (TPSA) is 52.6 Å². The van der Waals surface area contributed by atoms with Gasteiger partial charge in [0, 0.05) is 13.8 Å². The van der Waals surface area contributed by atoms with E-state index in [-0.39, 0.29) is 11.9 Å². The Labute approximate surface area is 149 Å². The Morgan fingerprint density at radius 2 is 1.04 bits per heavy atom. The number of ether oxygens (including phenoxy) is 2. The summed E-state index contributed by atoms with van der Waals surface area (Å²) in [5, 5.41) is 0. The maximum absolute atomic E-state index is 10.5. The van der Waals surface area contributed by atoms with Crippen LogP contribution in [0.2, 0.25) is 0 Å². The highest BCUT2D eigenvalue weighted by Gasteiger charge is 2.07. The fourth-order valence-corrected chi connectivity index (χ4v) is 2.27. The molecule has 144 valence electrons. The van der Waals surface area contributed by atoms with Crippen LogP contribution in [0.1, 0.15) is 92.9 Å². The predicted molar refractivity (Wildman–Crippen MR) is 99.9 cm³/mol. The minimum atomic E-state index is -0.162. The molecule has 0 aromatic heterocycles. The van der Waals surface area contributed by atoms with Crippen LogP contribution in [0.25, 0.3) is 0 Å². The van der Waals surface area contributed by atoms with Crippen molar-refractivity contribution < 1.29 is 19.1 Å². The van der Waals surface area contributed by atoms with Gasteiger partial charge in [0.15, 0.2) is 0 Å². The lowest BCUT2D eigenvalue weighted by Gasteiger charge is -2.13. The molecule has 2 atom stereocenters. The molecule has 2 unspecified atom stereocenters. The van der Waals surface area contributed by atoms with Crippen LogP contribution in [-0.4, -0.2) is 25.2 Å². The van der Waals surface area contributed by atoms with E-state index in [4.69, 9.17) is 9.47 Å². The highest BCUT2D eigenvalue weighted by molar-refractivity contribution is 5.66. The number of carbonyl (C=O) groups is 2. The van der Waals surface area contributed by atoms with Crippen LogP contribution >= 0.6 is 0 Å². The quantitative estimate of drug-likeness (QED) is 0.437. The lowest BCUT2D eigenvalue weighted by molar-refractivity contribution is -0.143. The van der Waals surface area contributed by atoms with Crippen LogP contribution in [0.5, 0.6) is 0 Å². The average Bonchev–Trinajstić information content (AvgIpc) is 2.55.